The summed E-state index contributed by atoms with van der Waals surface area (Å²) in [6.45, 7) is 0. The van der Waals surface area contributed by atoms with Crippen LogP contribution in [0.5, 0.6) is 0 Å². The van der Waals surface area contributed by atoms with Crippen molar-refractivity contribution in [3.8, 4) is 0 Å². The Hall–Kier alpha value is -1.61. The van der Waals surface area contributed by atoms with Crippen LogP contribution in [-0.4, -0.2) is 10.8 Å². The van der Waals surface area contributed by atoms with Crippen LogP contribution in [0.3, 0.4) is 0 Å². The predicted molar refractivity (Wildman–Crippen MR) is 51.4 cm³/mol. The molecule has 0 aliphatic rings. The van der Waals surface area contributed by atoms with Crippen LogP contribution in [0.1, 0.15) is 16.1 Å². The standard InChI is InChI=1S/C10H6ClNO2/c11-10-7(3-1-5-12-10)9(13)8-4-2-6-14-8/h1-6H. The van der Waals surface area contributed by atoms with Gasteiger partial charge in [-0.3, -0.25) is 4.79 Å². The molecule has 2 heterocycles. The van der Waals surface area contributed by atoms with Crippen LogP contribution in [0, 0.1) is 0 Å². The van der Waals surface area contributed by atoms with Crippen molar-refractivity contribution >= 4 is 17.4 Å². The zero-order valence-electron chi connectivity index (χ0n) is 7.11. The Morgan fingerprint density at radius 3 is 2.86 bits per heavy atom. The van der Waals surface area contributed by atoms with Crippen LogP contribution in [0.4, 0.5) is 0 Å². The minimum Gasteiger partial charge on any atom is -0.461 e. The molecule has 0 aromatic carbocycles. The number of carbonyl (C=O) groups is 1. The smallest absolute Gasteiger partial charge is 0.231 e. The summed E-state index contributed by atoms with van der Waals surface area (Å²) in [5, 5.41) is 0.189. The van der Waals surface area contributed by atoms with Crippen molar-refractivity contribution in [2.45, 2.75) is 0 Å². The second-order valence-corrected chi connectivity index (χ2v) is 3.01. The van der Waals surface area contributed by atoms with E-state index in [9.17, 15) is 4.79 Å². The zero-order chi connectivity index (χ0) is 9.97. The van der Waals surface area contributed by atoms with Crippen molar-refractivity contribution in [1.29, 1.82) is 0 Å². The van der Waals surface area contributed by atoms with E-state index in [1.54, 1.807) is 24.3 Å². The van der Waals surface area contributed by atoms with E-state index >= 15 is 0 Å². The molecule has 2 rings (SSSR count). The summed E-state index contributed by atoms with van der Waals surface area (Å²) in [7, 11) is 0. The van der Waals surface area contributed by atoms with Crippen LogP contribution >= 0.6 is 11.6 Å². The molecule has 3 nitrogen and oxygen atoms in total. The highest BCUT2D eigenvalue weighted by molar-refractivity contribution is 6.33. The van der Waals surface area contributed by atoms with Crippen molar-refractivity contribution in [3.05, 3.63) is 53.2 Å². The third-order valence-electron chi connectivity index (χ3n) is 1.75. The van der Waals surface area contributed by atoms with Gasteiger partial charge < -0.3 is 4.42 Å². The lowest BCUT2D eigenvalue weighted by molar-refractivity contribution is 0.101. The molecule has 70 valence electrons. The van der Waals surface area contributed by atoms with Gasteiger partial charge in [0.1, 0.15) is 5.15 Å². The second-order valence-electron chi connectivity index (χ2n) is 2.65. The molecule has 0 unspecified atom stereocenters. The summed E-state index contributed by atoms with van der Waals surface area (Å²) in [4.78, 5) is 15.5. The number of rotatable bonds is 2. The van der Waals surface area contributed by atoms with E-state index < -0.39 is 0 Å². The molecule has 0 aliphatic heterocycles. The molecule has 0 bridgehead atoms. The van der Waals surface area contributed by atoms with E-state index in [4.69, 9.17) is 16.0 Å². The Kier molecular flexibility index (Phi) is 2.33. The molecular weight excluding hydrogens is 202 g/mol. The highest BCUT2D eigenvalue weighted by Gasteiger charge is 2.14. The molecule has 0 atom stereocenters. The summed E-state index contributed by atoms with van der Waals surface area (Å²) in [6.07, 6.45) is 2.97. The summed E-state index contributed by atoms with van der Waals surface area (Å²) in [5.41, 5.74) is 0.351. The van der Waals surface area contributed by atoms with Gasteiger partial charge in [-0.15, -0.1) is 0 Å². The number of halogens is 1. The fraction of sp³-hybridized carbons (Fsp3) is 0. The first kappa shape index (κ1) is 8.97. The van der Waals surface area contributed by atoms with Crippen molar-refractivity contribution in [2.24, 2.45) is 0 Å². The quantitative estimate of drug-likeness (QED) is 0.562. The summed E-state index contributed by atoms with van der Waals surface area (Å²) >= 11 is 5.76. The van der Waals surface area contributed by atoms with Gasteiger partial charge in [0.15, 0.2) is 5.76 Å². The van der Waals surface area contributed by atoms with Gasteiger partial charge in [-0.2, -0.15) is 0 Å². The Morgan fingerprint density at radius 1 is 1.36 bits per heavy atom. The molecule has 0 spiro atoms. The lowest BCUT2D eigenvalue weighted by Gasteiger charge is -1.98. The van der Waals surface area contributed by atoms with Crippen molar-refractivity contribution in [2.75, 3.05) is 0 Å². The summed E-state index contributed by atoms with van der Waals surface area (Å²) < 4.78 is 4.97. The highest BCUT2D eigenvalue weighted by atomic mass is 35.5. The van der Waals surface area contributed by atoms with E-state index in [0.717, 1.165) is 0 Å². The molecule has 0 fully saturated rings. The molecule has 4 heteroatoms. The van der Waals surface area contributed by atoms with E-state index in [2.05, 4.69) is 4.98 Å². The normalized spacial score (nSPS) is 10.1. The van der Waals surface area contributed by atoms with Crippen molar-refractivity contribution in [3.63, 3.8) is 0 Å². The Labute approximate surface area is 85.3 Å². The second kappa shape index (κ2) is 3.64. The van der Waals surface area contributed by atoms with E-state index in [-0.39, 0.29) is 16.7 Å². The maximum atomic E-state index is 11.7. The molecule has 0 N–H and O–H groups in total. The fourth-order valence-corrected chi connectivity index (χ4v) is 1.30. The van der Waals surface area contributed by atoms with Crippen molar-refractivity contribution < 1.29 is 9.21 Å². The van der Waals surface area contributed by atoms with Crippen LogP contribution in [0.15, 0.2) is 41.1 Å². The fourth-order valence-electron chi connectivity index (χ4n) is 1.10. The van der Waals surface area contributed by atoms with Gasteiger partial charge in [0.05, 0.1) is 11.8 Å². The third-order valence-corrected chi connectivity index (χ3v) is 2.05. The number of pyridine rings is 1. The van der Waals surface area contributed by atoms with Gasteiger partial charge in [0, 0.05) is 6.20 Å². The Bertz CT molecular complexity index is 451. The van der Waals surface area contributed by atoms with Crippen LogP contribution in [-0.2, 0) is 0 Å². The number of ketones is 1. The number of aromatic nitrogens is 1. The lowest BCUT2D eigenvalue weighted by Crippen LogP contribution is -2.01. The average molecular weight is 208 g/mol. The molecule has 14 heavy (non-hydrogen) atoms. The van der Waals surface area contributed by atoms with Crippen molar-refractivity contribution in [1.82, 2.24) is 4.98 Å². The number of hydrogen-bond donors (Lipinski definition) is 0. The van der Waals surface area contributed by atoms with Gasteiger partial charge in [-0.25, -0.2) is 4.98 Å². The predicted octanol–water partition coefficient (Wildman–Crippen LogP) is 2.56. The SMILES string of the molecule is O=C(c1ccco1)c1cccnc1Cl. The van der Waals surface area contributed by atoms with E-state index in [0.29, 0.717) is 5.56 Å². The monoisotopic (exact) mass is 207 g/mol. The molecular formula is C10H6ClNO2. The number of furan rings is 1. The van der Waals surface area contributed by atoms with E-state index in [1.165, 1.54) is 12.5 Å². The zero-order valence-corrected chi connectivity index (χ0v) is 7.86. The molecule has 2 aromatic rings. The van der Waals surface area contributed by atoms with Crippen LogP contribution in [0.25, 0.3) is 0 Å². The molecule has 0 saturated carbocycles. The maximum Gasteiger partial charge on any atom is 0.231 e. The number of hydrogen-bond acceptors (Lipinski definition) is 3. The van der Waals surface area contributed by atoms with Gasteiger partial charge >= 0.3 is 0 Å². The van der Waals surface area contributed by atoms with Crippen LogP contribution in [0.2, 0.25) is 5.15 Å². The molecule has 0 aliphatic carbocycles. The molecule has 0 amide bonds. The Balaban J connectivity index is 2.42. The first-order valence-corrected chi connectivity index (χ1v) is 4.35. The minimum atomic E-state index is -0.256. The number of carbonyl (C=O) groups excluding carboxylic acids is 1. The van der Waals surface area contributed by atoms with Gasteiger partial charge in [-0.1, -0.05) is 11.6 Å². The molecule has 2 aromatic heterocycles. The highest BCUT2D eigenvalue weighted by Crippen LogP contribution is 2.16. The molecule has 0 saturated heterocycles. The van der Waals surface area contributed by atoms with E-state index in [1.807, 2.05) is 0 Å². The average Bonchev–Trinajstić information content (AvgIpc) is 2.70. The number of nitrogens with zero attached hydrogens (tertiary/aromatic N) is 1. The topological polar surface area (TPSA) is 43.1 Å². The lowest BCUT2D eigenvalue weighted by atomic mass is 10.1. The van der Waals surface area contributed by atoms with Gasteiger partial charge in [-0.05, 0) is 24.3 Å². The summed E-state index contributed by atoms with van der Waals surface area (Å²) in [5.74, 6) is 0.00741. The first-order valence-electron chi connectivity index (χ1n) is 3.98. The first-order chi connectivity index (χ1) is 6.79. The minimum absolute atomic E-state index is 0.189. The van der Waals surface area contributed by atoms with Gasteiger partial charge in [0.25, 0.3) is 0 Å². The van der Waals surface area contributed by atoms with Crippen LogP contribution < -0.4 is 0 Å². The third kappa shape index (κ3) is 1.54. The largest absolute Gasteiger partial charge is 0.461 e. The maximum absolute atomic E-state index is 11.7. The summed E-state index contributed by atoms with van der Waals surface area (Å²) in [6, 6.07) is 6.51. The Morgan fingerprint density at radius 2 is 2.21 bits per heavy atom. The molecule has 0 radical (unpaired) electrons. The van der Waals surface area contributed by atoms with Gasteiger partial charge in [0.2, 0.25) is 5.78 Å².